The summed E-state index contributed by atoms with van der Waals surface area (Å²) in [6.07, 6.45) is 8.18. The second-order valence-corrected chi connectivity index (χ2v) is 15.8. The lowest BCUT2D eigenvalue weighted by molar-refractivity contribution is -0.134. The number of hydrogen-bond acceptors (Lipinski definition) is 8. The number of fused-ring (bicyclic) bond motifs is 1. The topological polar surface area (TPSA) is 159 Å². The number of amides is 4. The monoisotopic (exact) mass is 813 g/mol. The van der Waals surface area contributed by atoms with Gasteiger partial charge in [0.2, 0.25) is 17.7 Å². The molecule has 0 aliphatic carbocycles. The van der Waals surface area contributed by atoms with Gasteiger partial charge >= 0.3 is 0 Å². The molecule has 2 saturated heterocycles. The van der Waals surface area contributed by atoms with Crippen molar-refractivity contribution in [1.29, 1.82) is 5.26 Å². The first-order valence-corrected chi connectivity index (χ1v) is 20.2. The van der Waals surface area contributed by atoms with Crippen molar-refractivity contribution < 1.29 is 28.0 Å². The number of aryl methyl sites for hydroxylation is 1. The molecule has 13 nitrogen and oxygen atoms in total. The second-order valence-electron chi connectivity index (χ2n) is 15.8. The van der Waals surface area contributed by atoms with Gasteiger partial charge < -0.3 is 25.0 Å². The minimum atomic E-state index is -0.612. The van der Waals surface area contributed by atoms with E-state index in [1.54, 1.807) is 66.4 Å². The number of aromatic nitrogens is 3. The van der Waals surface area contributed by atoms with Crippen LogP contribution in [0.25, 0.3) is 27.6 Å². The number of halogens is 2. The normalized spacial score (nSPS) is 17.3. The zero-order valence-electron chi connectivity index (χ0n) is 33.4. The molecule has 0 saturated carbocycles. The molecule has 0 bridgehead atoms. The highest BCUT2D eigenvalue weighted by atomic mass is 19.1. The summed E-state index contributed by atoms with van der Waals surface area (Å²) >= 11 is 0. The Morgan fingerprint density at radius 1 is 1.00 bits per heavy atom. The Balaban J connectivity index is 1.03. The maximum Gasteiger partial charge on any atom is 0.269 e. The Kier molecular flexibility index (Phi) is 11.2. The van der Waals surface area contributed by atoms with Crippen LogP contribution in [0.3, 0.4) is 0 Å². The van der Waals surface area contributed by atoms with Crippen molar-refractivity contribution >= 4 is 51.5 Å². The Hall–Kier alpha value is -6.82. The van der Waals surface area contributed by atoms with Crippen LogP contribution in [-0.4, -0.2) is 94.5 Å². The fourth-order valence-electron chi connectivity index (χ4n) is 8.51. The summed E-state index contributed by atoms with van der Waals surface area (Å²) in [6.45, 7) is 2.31. The number of nitriles is 1. The molecule has 0 radical (unpaired) electrons. The number of aromatic amines is 1. The third-order valence-corrected chi connectivity index (χ3v) is 11.7. The molecule has 8 rings (SSSR count). The number of carbonyl (C=O) groups is 4. The molecule has 3 aliphatic heterocycles. The van der Waals surface area contributed by atoms with Gasteiger partial charge in [-0.3, -0.25) is 29.2 Å². The van der Waals surface area contributed by atoms with E-state index in [0.717, 1.165) is 5.56 Å². The van der Waals surface area contributed by atoms with Gasteiger partial charge in [0, 0.05) is 94.3 Å². The third-order valence-electron chi connectivity index (χ3n) is 11.7. The van der Waals surface area contributed by atoms with Gasteiger partial charge in [0.05, 0.1) is 22.8 Å². The molecule has 5 aromatic rings. The van der Waals surface area contributed by atoms with Crippen molar-refractivity contribution in [2.45, 2.75) is 57.0 Å². The van der Waals surface area contributed by atoms with Crippen molar-refractivity contribution in [3.63, 3.8) is 0 Å². The first kappa shape index (κ1) is 40.0. The summed E-state index contributed by atoms with van der Waals surface area (Å²) in [7, 11) is 3.24. The Bertz CT molecular complexity index is 2570. The molecule has 3 N–H and O–H groups in total. The Labute approximate surface area is 345 Å². The number of nitrogens with zero attached hydrogens (tertiary/aromatic N) is 6. The molecule has 2 aromatic heterocycles. The molecule has 5 heterocycles. The lowest BCUT2D eigenvalue weighted by Crippen LogP contribution is -2.47. The van der Waals surface area contributed by atoms with E-state index >= 15 is 8.78 Å². The summed E-state index contributed by atoms with van der Waals surface area (Å²) < 4.78 is 33.8. The average Bonchev–Trinajstić information content (AvgIpc) is 3.95. The van der Waals surface area contributed by atoms with Gasteiger partial charge in [-0.2, -0.15) is 10.4 Å². The van der Waals surface area contributed by atoms with Gasteiger partial charge in [-0.05, 0) is 90.8 Å². The smallest absolute Gasteiger partial charge is 0.269 e. The zero-order chi connectivity index (χ0) is 42.1. The standard InChI is InChI=1S/C45H45F2N9O4/c1-53(2)45(60)38-24-35-34(23-33(42(47)43(35)51-38)29-5-3-16-55(26-29)41(58)14-20-56-17-4-15-49-56)32-8-6-28(21-30(32)25-48)27-12-18-54(19-13-27)39-10-7-31(22-36(39)46)50-37-9-11-40(57)52-44(37)59/h4-8,10,15,17,21-24,27,37,50-51H,3,9,11-14,16,18-20,26H2,1-2H3,(H,52,57,59). The van der Waals surface area contributed by atoms with E-state index in [9.17, 15) is 24.4 Å². The maximum absolute atomic E-state index is 16.7. The van der Waals surface area contributed by atoms with Crippen molar-refractivity contribution in [2.75, 3.05) is 50.5 Å². The van der Waals surface area contributed by atoms with Gasteiger partial charge in [-0.15, -0.1) is 0 Å². The van der Waals surface area contributed by atoms with Crippen LogP contribution < -0.4 is 15.5 Å². The lowest BCUT2D eigenvalue weighted by Gasteiger charge is -2.34. The van der Waals surface area contributed by atoms with E-state index in [4.69, 9.17) is 0 Å². The van der Waals surface area contributed by atoms with E-state index < -0.39 is 23.6 Å². The van der Waals surface area contributed by atoms with Crippen molar-refractivity contribution in [2.24, 2.45) is 0 Å². The molecule has 3 aromatic carbocycles. The molecule has 1 atom stereocenters. The average molecular weight is 814 g/mol. The summed E-state index contributed by atoms with van der Waals surface area (Å²) in [5.41, 5.74) is 4.74. The molecule has 4 amide bonds. The van der Waals surface area contributed by atoms with Crippen LogP contribution in [0.1, 0.15) is 71.6 Å². The SMILES string of the molecule is CN(C)C(=O)c1cc2c(-c3ccc(C4CCN(c5ccc(NC6CCC(=O)NC6=O)cc5F)CC4)cc3C#N)cc(C3=CCCN(C(=O)CCn4cccn4)C3)c(F)c2[nH]1. The second kappa shape index (κ2) is 16.8. The van der Waals surface area contributed by atoms with Gasteiger partial charge in [0.1, 0.15) is 17.6 Å². The van der Waals surface area contributed by atoms with Crippen LogP contribution in [0.15, 0.2) is 73.1 Å². The summed E-state index contributed by atoms with van der Waals surface area (Å²) in [6, 6.07) is 17.5. The van der Waals surface area contributed by atoms with Gasteiger partial charge in [-0.25, -0.2) is 8.78 Å². The minimum Gasteiger partial charge on any atom is -0.374 e. The predicted octanol–water partition coefficient (Wildman–Crippen LogP) is 6.19. The number of nitrogens with one attached hydrogen (secondary N) is 3. The van der Waals surface area contributed by atoms with E-state index in [1.165, 1.54) is 11.0 Å². The first-order valence-electron chi connectivity index (χ1n) is 20.2. The number of hydrogen-bond donors (Lipinski definition) is 3. The number of anilines is 2. The molecule has 2 fully saturated rings. The molecule has 1 unspecified atom stereocenters. The van der Waals surface area contributed by atoms with Crippen molar-refractivity contribution in [3.05, 3.63) is 107 Å². The molecule has 3 aliphatic rings. The minimum absolute atomic E-state index is 0.0629. The van der Waals surface area contributed by atoms with Crippen LogP contribution in [0.5, 0.6) is 0 Å². The van der Waals surface area contributed by atoms with Crippen LogP contribution in [0, 0.1) is 23.0 Å². The molecular weight excluding hydrogens is 769 g/mol. The highest BCUT2D eigenvalue weighted by Crippen LogP contribution is 2.40. The fraction of sp³-hybridized carbons (Fsp3) is 0.333. The maximum atomic E-state index is 16.7. The van der Waals surface area contributed by atoms with Crippen LogP contribution in [0.2, 0.25) is 0 Å². The van der Waals surface area contributed by atoms with Gasteiger partial charge in [0.25, 0.3) is 5.91 Å². The largest absolute Gasteiger partial charge is 0.374 e. The first-order chi connectivity index (χ1) is 29.0. The van der Waals surface area contributed by atoms with Gasteiger partial charge in [0.15, 0.2) is 5.82 Å². The van der Waals surface area contributed by atoms with E-state index in [-0.39, 0.29) is 54.2 Å². The highest BCUT2D eigenvalue weighted by Gasteiger charge is 2.29. The highest BCUT2D eigenvalue weighted by molar-refractivity contribution is 6.05. The van der Waals surface area contributed by atoms with E-state index in [1.807, 2.05) is 29.2 Å². The lowest BCUT2D eigenvalue weighted by atomic mass is 9.85. The fourth-order valence-corrected chi connectivity index (χ4v) is 8.51. The summed E-state index contributed by atoms with van der Waals surface area (Å²) in [5, 5.41) is 20.5. The van der Waals surface area contributed by atoms with Crippen LogP contribution in [-0.2, 0) is 20.9 Å². The summed E-state index contributed by atoms with van der Waals surface area (Å²) in [4.78, 5) is 58.2. The number of carbonyl (C=O) groups excluding carboxylic acids is 4. The van der Waals surface area contributed by atoms with E-state index in [2.05, 4.69) is 26.8 Å². The van der Waals surface area contributed by atoms with Crippen molar-refractivity contribution in [3.8, 4) is 17.2 Å². The molecule has 0 spiro atoms. The number of rotatable bonds is 10. The molecular formula is C45H45F2N9O4. The van der Waals surface area contributed by atoms with E-state index in [0.29, 0.717) is 96.5 Å². The van der Waals surface area contributed by atoms with Gasteiger partial charge in [-0.1, -0.05) is 18.2 Å². The third kappa shape index (κ3) is 8.09. The predicted molar refractivity (Wildman–Crippen MR) is 223 cm³/mol. The number of benzene rings is 3. The number of imide groups is 1. The molecule has 15 heteroatoms. The molecule has 308 valence electrons. The van der Waals surface area contributed by atoms with Crippen LogP contribution >= 0.6 is 0 Å². The number of H-pyrrole nitrogens is 1. The van der Waals surface area contributed by atoms with Crippen LogP contribution in [0.4, 0.5) is 20.2 Å². The Morgan fingerprint density at radius 2 is 1.82 bits per heavy atom. The quantitative estimate of drug-likeness (QED) is 0.141. The van der Waals surface area contributed by atoms with Crippen molar-refractivity contribution in [1.82, 2.24) is 29.9 Å². The number of piperidine rings is 2. The Morgan fingerprint density at radius 3 is 2.53 bits per heavy atom. The summed E-state index contributed by atoms with van der Waals surface area (Å²) in [5.74, 6) is -1.98. The molecule has 60 heavy (non-hydrogen) atoms. The zero-order valence-corrected chi connectivity index (χ0v) is 33.4.